The molecule has 0 aliphatic carbocycles. The lowest BCUT2D eigenvalue weighted by Gasteiger charge is -2.33. The van der Waals surface area contributed by atoms with Crippen LogP contribution in [-0.2, 0) is 4.79 Å². The number of aromatic carboxylic acids is 1. The summed E-state index contributed by atoms with van der Waals surface area (Å²) >= 11 is 0. The van der Waals surface area contributed by atoms with Crippen molar-refractivity contribution in [3.63, 3.8) is 0 Å². The molecule has 19 heavy (non-hydrogen) atoms. The van der Waals surface area contributed by atoms with Gasteiger partial charge < -0.3 is 20.8 Å². The fourth-order valence-corrected chi connectivity index (χ4v) is 2.40. The topological polar surface area (TPSA) is 104 Å². The number of hydrogen-bond donors (Lipinski definition) is 3. The van der Waals surface area contributed by atoms with Gasteiger partial charge in [0.05, 0.1) is 17.2 Å². The summed E-state index contributed by atoms with van der Waals surface area (Å²) in [4.78, 5) is 24.1. The van der Waals surface area contributed by atoms with E-state index in [2.05, 4.69) is 0 Å². The number of carbonyl (C=O) groups is 2. The Morgan fingerprint density at radius 2 is 2.05 bits per heavy atom. The standard InChI is InChI=1S/C13H16N2O4/c14-9-3-4-11(10(6-9)13(18)19)15-5-1-2-8(7-15)12(16)17/h3-4,6,8H,1-2,5,7,14H2,(H,16,17)(H,18,19)/t8-/m1/s1. The molecule has 1 fully saturated rings. The molecule has 0 radical (unpaired) electrons. The Hall–Kier alpha value is -2.24. The summed E-state index contributed by atoms with van der Waals surface area (Å²) in [6.07, 6.45) is 1.36. The van der Waals surface area contributed by atoms with Gasteiger partial charge in [-0.2, -0.15) is 0 Å². The van der Waals surface area contributed by atoms with Crippen molar-refractivity contribution in [2.24, 2.45) is 5.92 Å². The van der Waals surface area contributed by atoms with Crippen LogP contribution >= 0.6 is 0 Å². The number of piperidine rings is 1. The molecule has 1 atom stereocenters. The van der Waals surface area contributed by atoms with Crippen molar-refractivity contribution in [2.75, 3.05) is 23.7 Å². The molecule has 1 heterocycles. The number of carboxylic acid groups (broad SMARTS) is 2. The zero-order valence-corrected chi connectivity index (χ0v) is 10.4. The van der Waals surface area contributed by atoms with E-state index in [1.807, 2.05) is 4.90 Å². The summed E-state index contributed by atoms with van der Waals surface area (Å²) in [6, 6.07) is 4.68. The number of benzene rings is 1. The number of nitrogen functional groups attached to an aromatic ring is 1. The molecule has 2 rings (SSSR count). The number of carboxylic acids is 2. The van der Waals surface area contributed by atoms with Gasteiger partial charge in [0.2, 0.25) is 0 Å². The van der Waals surface area contributed by atoms with Crippen molar-refractivity contribution in [3.8, 4) is 0 Å². The third-order valence-corrected chi connectivity index (χ3v) is 3.36. The van der Waals surface area contributed by atoms with Gasteiger partial charge in [-0.05, 0) is 31.0 Å². The van der Waals surface area contributed by atoms with Crippen molar-refractivity contribution in [3.05, 3.63) is 23.8 Å². The van der Waals surface area contributed by atoms with Crippen molar-refractivity contribution in [2.45, 2.75) is 12.8 Å². The third kappa shape index (κ3) is 2.78. The average Bonchev–Trinajstić information content (AvgIpc) is 2.38. The Bertz CT molecular complexity index is 515. The molecule has 0 unspecified atom stereocenters. The number of anilines is 2. The summed E-state index contributed by atoms with van der Waals surface area (Å²) in [5.41, 5.74) is 6.63. The molecule has 6 heteroatoms. The first kappa shape index (κ1) is 13.2. The molecule has 0 saturated carbocycles. The van der Waals surface area contributed by atoms with Crippen molar-refractivity contribution < 1.29 is 19.8 Å². The predicted molar refractivity (Wildman–Crippen MR) is 70.4 cm³/mol. The molecule has 0 aromatic heterocycles. The van der Waals surface area contributed by atoms with E-state index in [9.17, 15) is 14.7 Å². The lowest BCUT2D eigenvalue weighted by atomic mass is 9.97. The van der Waals surface area contributed by atoms with Crippen molar-refractivity contribution >= 4 is 23.3 Å². The molecule has 1 aromatic rings. The minimum absolute atomic E-state index is 0.117. The number of nitrogens with zero attached hydrogens (tertiary/aromatic N) is 1. The Balaban J connectivity index is 2.30. The SMILES string of the molecule is Nc1ccc(N2CCC[C@@H](C(=O)O)C2)c(C(=O)O)c1. The zero-order valence-electron chi connectivity index (χ0n) is 10.4. The van der Waals surface area contributed by atoms with Gasteiger partial charge in [0.15, 0.2) is 0 Å². The highest BCUT2D eigenvalue weighted by molar-refractivity contribution is 5.95. The zero-order chi connectivity index (χ0) is 14.0. The van der Waals surface area contributed by atoms with Crippen LogP contribution < -0.4 is 10.6 Å². The lowest BCUT2D eigenvalue weighted by Crippen LogP contribution is -2.39. The smallest absolute Gasteiger partial charge is 0.337 e. The van der Waals surface area contributed by atoms with Gasteiger partial charge in [-0.3, -0.25) is 4.79 Å². The number of nitrogens with two attached hydrogens (primary N) is 1. The second kappa shape index (κ2) is 5.17. The predicted octanol–water partition coefficient (Wildman–Crippen LogP) is 1.27. The maximum absolute atomic E-state index is 11.2. The van der Waals surface area contributed by atoms with E-state index in [1.165, 1.54) is 6.07 Å². The maximum Gasteiger partial charge on any atom is 0.337 e. The van der Waals surface area contributed by atoms with Gasteiger partial charge in [0, 0.05) is 18.8 Å². The van der Waals surface area contributed by atoms with Crippen molar-refractivity contribution in [1.29, 1.82) is 0 Å². The monoisotopic (exact) mass is 264 g/mol. The minimum atomic E-state index is -1.06. The largest absolute Gasteiger partial charge is 0.481 e. The van der Waals surface area contributed by atoms with E-state index in [-0.39, 0.29) is 5.56 Å². The normalized spacial score (nSPS) is 19.2. The van der Waals surface area contributed by atoms with E-state index in [0.717, 1.165) is 6.42 Å². The van der Waals surface area contributed by atoms with Crippen LogP contribution in [0.15, 0.2) is 18.2 Å². The second-order valence-electron chi connectivity index (χ2n) is 4.71. The summed E-state index contributed by atoms with van der Waals surface area (Å²) in [7, 11) is 0. The van der Waals surface area contributed by atoms with Gasteiger partial charge in [0.25, 0.3) is 0 Å². The molecule has 0 amide bonds. The van der Waals surface area contributed by atoms with E-state index in [1.54, 1.807) is 12.1 Å². The lowest BCUT2D eigenvalue weighted by molar-refractivity contribution is -0.141. The first-order valence-corrected chi connectivity index (χ1v) is 6.09. The molecule has 1 aliphatic heterocycles. The summed E-state index contributed by atoms with van der Waals surface area (Å²) < 4.78 is 0. The molecule has 1 saturated heterocycles. The molecule has 1 aromatic carbocycles. The van der Waals surface area contributed by atoms with Crippen LogP contribution in [0.3, 0.4) is 0 Å². The summed E-state index contributed by atoms with van der Waals surface area (Å²) in [5.74, 6) is -2.34. The summed E-state index contributed by atoms with van der Waals surface area (Å²) in [5, 5.41) is 18.3. The maximum atomic E-state index is 11.2. The first-order chi connectivity index (χ1) is 8.99. The molecule has 0 spiro atoms. The molecule has 4 N–H and O–H groups in total. The quantitative estimate of drug-likeness (QED) is 0.710. The van der Waals surface area contributed by atoms with Gasteiger partial charge >= 0.3 is 11.9 Å². The van der Waals surface area contributed by atoms with E-state index >= 15 is 0 Å². The van der Waals surface area contributed by atoms with Gasteiger partial charge in [-0.15, -0.1) is 0 Å². The van der Waals surface area contributed by atoms with Gasteiger partial charge in [-0.25, -0.2) is 4.79 Å². The molecule has 1 aliphatic rings. The third-order valence-electron chi connectivity index (χ3n) is 3.36. The van der Waals surface area contributed by atoms with Gasteiger partial charge in [0.1, 0.15) is 0 Å². The minimum Gasteiger partial charge on any atom is -0.481 e. The van der Waals surface area contributed by atoms with Crippen LogP contribution in [-0.4, -0.2) is 35.2 Å². The highest BCUT2D eigenvalue weighted by atomic mass is 16.4. The van der Waals surface area contributed by atoms with Crippen LogP contribution in [0.25, 0.3) is 0 Å². The Morgan fingerprint density at radius 3 is 2.68 bits per heavy atom. The fourth-order valence-electron chi connectivity index (χ4n) is 2.40. The molecule has 6 nitrogen and oxygen atoms in total. The fraction of sp³-hybridized carbons (Fsp3) is 0.385. The summed E-state index contributed by atoms with van der Waals surface area (Å²) in [6.45, 7) is 0.994. The van der Waals surface area contributed by atoms with Gasteiger partial charge in [-0.1, -0.05) is 0 Å². The van der Waals surface area contributed by atoms with Crippen molar-refractivity contribution in [1.82, 2.24) is 0 Å². The molecule has 0 bridgehead atoms. The second-order valence-corrected chi connectivity index (χ2v) is 4.71. The molecular weight excluding hydrogens is 248 g/mol. The van der Waals surface area contributed by atoms with E-state index < -0.39 is 17.9 Å². The Labute approximate surface area is 110 Å². The highest BCUT2D eigenvalue weighted by Gasteiger charge is 2.27. The average molecular weight is 264 g/mol. The highest BCUT2D eigenvalue weighted by Crippen LogP contribution is 2.28. The van der Waals surface area contributed by atoms with E-state index in [0.29, 0.717) is 30.9 Å². The Morgan fingerprint density at radius 1 is 1.32 bits per heavy atom. The van der Waals surface area contributed by atoms with Crippen LogP contribution in [0.5, 0.6) is 0 Å². The number of hydrogen-bond acceptors (Lipinski definition) is 4. The van der Waals surface area contributed by atoms with E-state index in [4.69, 9.17) is 10.8 Å². The number of aliphatic carboxylic acids is 1. The molecular formula is C13H16N2O4. The first-order valence-electron chi connectivity index (χ1n) is 6.09. The van der Waals surface area contributed by atoms with Crippen LogP contribution in [0.1, 0.15) is 23.2 Å². The number of rotatable bonds is 3. The van der Waals surface area contributed by atoms with Crippen LogP contribution in [0.2, 0.25) is 0 Å². The van der Waals surface area contributed by atoms with Crippen LogP contribution in [0, 0.1) is 5.92 Å². The Kier molecular flexibility index (Phi) is 3.59. The molecule has 102 valence electrons. The van der Waals surface area contributed by atoms with Crippen LogP contribution in [0.4, 0.5) is 11.4 Å².